The van der Waals surface area contributed by atoms with Crippen LogP contribution < -0.4 is 0 Å². The maximum Gasteiger partial charge on any atom is 0.157 e. The van der Waals surface area contributed by atoms with Gasteiger partial charge >= 0.3 is 0 Å². The number of fused-ring (bicyclic) bond motifs is 2. The van der Waals surface area contributed by atoms with E-state index in [1.807, 2.05) is 6.92 Å². The third-order valence-electron chi connectivity index (χ3n) is 3.39. The molecule has 3 heteroatoms. The number of ether oxygens (including phenoxy) is 1. The van der Waals surface area contributed by atoms with Crippen molar-refractivity contribution in [1.29, 1.82) is 0 Å². The molecule has 0 amide bonds. The first-order valence-corrected chi connectivity index (χ1v) is 5.47. The molecule has 0 saturated carbocycles. The Morgan fingerprint density at radius 3 is 2.31 bits per heavy atom. The second kappa shape index (κ2) is 3.54. The van der Waals surface area contributed by atoms with Gasteiger partial charge in [-0.15, -0.1) is 0 Å². The van der Waals surface area contributed by atoms with Crippen LogP contribution in [0.2, 0.25) is 0 Å². The molecule has 2 nitrogen and oxygen atoms in total. The van der Waals surface area contributed by atoms with Crippen LogP contribution in [0.15, 0.2) is 0 Å². The van der Waals surface area contributed by atoms with Crippen molar-refractivity contribution in [3.05, 3.63) is 0 Å². The van der Waals surface area contributed by atoms with Gasteiger partial charge in [0.1, 0.15) is 6.10 Å². The van der Waals surface area contributed by atoms with Gasteiger partial charge in [-0.1, -0.05) is 0 Å². The topological polar surface area (TPSA) is 12.5 Å². The summed E-state index contributed by atoms with van der Waals surface area (Å²) in [5.41, 5.74) is 0. The van der Waals surface area contributed by atoms with Gasteiger partial charge in [0.2, 0.25) is 0 Å². The molecule has 0 aliphatic carbocycles. The van der Waals surface area contributed by atoms with E-state index in [0.717, 1.165) is 12.1 Å². The summed E-state index contributed by atoms with van der Waals surface area (Å²) in [6.45, 7) is 1.87. The number of hydrogen-bond acceptors (Lipinski definition) is 3. The number of hydrogen-bond donors (Lipinski definition) is 0. The summed E-state index contributed by atoms with van der Waals surface area (Å²) in [5, 5.41) is 0.703. The largest absolute Gasteiger partial charge is 0.484 e. The standard InChI is InChI=1S/C10H17NOS/c1-7(13)12-10-5-8-3-4-9(6-10)11(8)2/h8-10H,3-6H2,1-2H3. The fraction of sp³-hybridized carbons (Fsp3) is 0.900. The van der Waals surface area contributed by atoms with Gasteiger partial charge in [0.05, 0.1) is 0 Å². The van der Waals surface area contributed by atoms with E-state index >= 15 is 0 Å². The van der Waals surface area contributed by atoms with E-state index in [4.69, 9.17) is 17.0 Å². The summed E-state index contributed by atoms with van der Waals surface area (Å²) in [6.07, 6.45) is 5.42. The normalized spacial score (nSPS) is 39.1. The lowest BCUT2D eigenvalue weighted by molar-refractivity contribution is 0.0606. The van der Waals surface area contributed by atoms with Crippen molar-refractivity contribution >= 4 is 17.3 Å². The Hall–Kier alpha value is -0.150. The third kappa shape index (κ3) is 1.86. The van der Waals surface area contributed by atoms with Crippen LogP contribution in [0.5, 0.6) is 0 Å². The Bertz CT molecular complexity index is 205. The van der Waals surface area contributed by atoms with E-state index in [9.17, 15) is 0 Å². The number of rotatable bonds is 1. The van der Waals surface area contributed by atoms with Crippen molar-refractivity contribution < 1.29 is 4.74 Å². The fourth-order valence-electron chi connectivity index (χ4n) is 2.69. The molecule has 2 heterocycles. The van der Waals surface area contributed by atoms with Crippen molar-refractivity contribution in [2.45, 2.75) is 50.8 Å². The summed E-state index contributed by atoms with van der Waals surface area (Å²) in [7, 11) is 2.24. The zero-order chi connectivity index (χ0) is 9.42. The number of thiocarbonyl (C=S) groups is 1. The molecule has 74 valence electrons. The molecule has 0 spiro atoms. The van der Waals surface area contributed by atoms with Gasteiger partial charge in [-0.25, -0.2) is 0 Å². The van der Waals surface area contributed by atoms with Crippen LogP contribution >= 0.6 is 12.2 Å². The van der Waals surface area contributed by atoms with Crippen molar-refractivity contribution in [1.82, 2.24) is 4.90 Å². The highest BCUT2D eigenvalue weighted by molar-refractivity contribution is 7.80. The highest BCUT2D eigenvalue weighted by Gasteiger charge is 2.39. The minimum Gasteiger partial charge on any atom is -0.484 e. The van der Waals surface area contributed by atoms with Crippen molar-refractivity contribution in [2.24, 2.45) is 0 Å². The molecule has 0 aromatic rings. The minimum atomic E-state index is 0.395. The SMILES string of the molecule is CC(=S)OC1CC2CCC(C1)N2C. The van der Waals surface area contributed by atoms with Crippen LogP contribution in [-0.2, 0) is 4.74 Å². The fourth-order valence-corrected chi connectivity index (χ4v) is 2.83. The van der Waals surface area contributed by atoms with Crippen LogP contribution in [0.25, 0.3) is 0 Å². The van der Waals surface area contributed by atoms with Crippen LogP contribution in [0.4, 0.5) is 0 Å². The highest BCUT2D eigenvalue weighted by atomic mass is 32.1. The smallest absolute Gasteiger partial charge is 0.157 e. The zero-order valence-corrected chi connectivity index (χ0v) is 9.14. The Morgan fingerprint density at radius 1 is 1.31 bits per heavy atom. The predicted molar refractivity (Wildman–Crippen MR) is 57.0 cm³/mol. The number of piperidine rings is 1. The lowest BCUT2D eigenvalue weighted by Gasteiger charge is -2.36. The van der Waals surface area contributed by atoms with Gasteiger partial charge in [0, 0.05) is 19.0 Å². The predicted octanol–water partition coefficient (Wildman–Crippen LogP) is 1.98. The van der Waals surface area contributed by atoms with Crippen molar-refractivity contribution in [3.63, 3.8) is 0 Å². The minimum absolute atomic E-state index is 0.395. The molecule has 2 aliphatic heterocycles. The summed E-state index contributed by atoms with van der Waals surface area (Å²) in [6, 6.07) is 1.50. The van der Waals surface area contributed by atoms with Gasteiger partial charge in [0.15, 0.2) is 5.05 Å². The molecular weight excluding hydrogens is 182 g/mol. The van der Waals surface area contributed by atoms with Crippen LogP contribution in [0, 0.1) is 0 Å². The molecule has 2 unspecified atom stereocenters. The number of nitrogens with zero attached hydrogens (tertiary/aromatic N) is 1. The van der Waals surface area contributed by atoms with Crippen LogP contribution in [-0.4, -0.2) is 35.2 Å². The molecule has 2 aliphatic rings. The molecule has 2 bridgehead atoms. The second-order valence-corrected chi connectivity index (χ2v) is 4.83. The second-order valence-electron chi connectivity index (χ2n) is 4.25. The monoisotopic (exact) mass is 199 g/mol. The molecule has 13 heavy (non-hydrogen) atoms. The van der Waals surface area contributed by atoms with E-state index in [1.165, 1.54) is 25.7 Å². The summed E-state index contributed by atoms with van der Waals surface area (Å²) in [5.74, 6) is 0. The van der Waals surface area contributed by atoms with Crippen LogP contribution in [0.1, 0.15) is 32.6 Å². The van der Waals surface area contributed by atoms with Crippen LogP contribution in [0.3, 0.4) is 0 Å². The van der Waals surface area contributed by atoms with Gasteiger partial charge in [0.25, 0.3) is 0 Å². The van der Waals surface area contributed by atoms with Gasteiger partial charge in [-0.3, -0.25) is 0 Å². The maximum atomic E-state index is 5.63. The molecule has 2 saturated heterocycles. The quantitative estimate of drug-likeness (QED) is 0.599. The first kappa shape index (κ1) is 9.41. The van der Waals surface area contributed by atoms with Gasteiger partial charge < -0.3 is 9.64 Å². The molecule has 2 fully saturated rings. The first-order valence-electron chi connectivity index (χ1n) is 5.06. The molecule has 0 aromatic heterocycles. The van der Waals surface area contributed by atoms with E-state index in [2.05, 4.69) is 11.9 Å². The zero-order valence-electron chi connectivity index (χ0n) is 8.32. The Kier molecular flexibility index (Phi) is 2.56. The van der Waals surface area contributed by atoms with E-state index in [-0.39, 0.29) is 0 Å². The lowest BCUT2D eigenvalue weighted by atomic mass is 10.0. The van der Waals surface area contributed by atoms with E-state index < -0.39 is 0 Å². The summed E-state index contributed by atoms with van der Waals surface area (Å²) >= 11 is 4.97. The highest BCUT2D eigenvalue weighted by Crippen LogP contribution is 2.35. The average molecular weight is 199 g/mol. The molecule has 0 aromatic carbocycles. The Morgan fingerprint density at radius 2 is 1.85 bits per heavy atom. The summed E-state index contributed by atoms with van der Waals surface area (Å²) < 4.78 is 5.63. The third-order valence-corrected chi connectivity index (χ3v) is 3.48. The average Bonchev–Trinajstić information content (AvgIpc) is 2.33. The Balaban J connectivity index is 1.95. The van der Waals surface area contributed by atoms with Crippen molar-refractivity contribution in [3.8, 4) is 0 Å². The van der Waals surface area contributed by atoms with E-state index in [0.29, 0.717) is 11.2 Å². The molecule has 0 radical (unpaired) electrons. The lowest BCUT2D eigenvalue weighted by Crippen LogP contribution is -2.43. The molecule has 2 rings (SSSR count). The molecular formula is C10H17NOS. The van der Waals surface area contributed by atoms with E-state index in [1.54, 1.807) is 0 Å². The Labute approximate surface area is 85.2 Å². The first-order chi connectivity index (χ1) is 6.16. The molecule has 2 atom stereocenters. The molecule has 0 N–H and O–H groups in total. The summed E-state index contributed by atoms with van der Waals surface area (Å²) in [4.78, 5) is 2.51. The maximum absolute atomic E-state index is 5.63. The van der Waals surface area contributed by atoms with Gasteiger partial charge in [-0.2, -0.15) is 0 Å². The van der Waals surface area contributed by atoms with Crippen molar-refractivity contribution in [2.75, 3.05) is 7.05 Å². The van der Waals surface area contributed by atoms with Gasteiger partial charge in [-0.05, 0) is 44.9 Å².